The van der Waals surface area contributed by atoms with Gasteiger partial charge in [-0.05, 0) is 61.2 Å². The second-order valence-electron chi connectivity index (χ2n) is 11.2. The fourth-order valence-electron chi connectivity index (χ4n) is 5.78. The molecule has 6 nitrogen and oxygen atoms in total. The van der Waals surface area contributed by atoms with Crippen molar-refractivity contribution in [1.82, 2.24) is 4.90 Å². The van der Waals surface area contributed by atoms with Crippen molar-refractivity contribution in [2.45, 2.75) is 59.3 Å². The number of hydrogen-bond donors (Lipinski definition) is 1. The maximum absolute atomic E-state index is 13.5. The summed E-state index contributed by atoms with van der Waals surface area (Å²) >= 11 is 0. The summed E-state index contributed by atoms with van der Waals surface area (Å²) < 4.78 is 32.7. The average molecular weight is 605 g/mol. The third-order valence-corrected chi connectivity index (χ3v) is 8.13. The van der Waals surface area contributed by atoms with E-state index in [2.05, 4.69) is 51.3 Å². The highest BCUT2D eigenvalue weighted by molar-refractivity contribution is 6.19. The average Bonchev–Trinajstić information content (AvgIpc) is 3.19. The van der Waals surface area contributed by atoms with Crippen LogP contribution in [0.4, 0.5) is 20.2 Å². The van der Waals surface area contributed by atoms with Crippen molar-refractivity contribution in [2.24, 2.45) is 4.99 Å². The number of hydrogen-bond acceptors (Lipinski definition) is 5. The summed E-state index contributed by atoms with van der Waals surface area (Å²) in [5, 5.41) is 3.02. The van der Waals surface area contributed by atoms with Crippen LogP contribution in [0.1, 0.15) is 68.4 Å². The van der Waals surface area contributed by atoms with Crippen molar-refractivity contribution in [2.75, 3.05) is 56.6 Å². The minimum atomic E-state index is -2.81. The fourth-order valence-corrected chi connectivity index (χ4v) is 5.78. The predicted octanol–water partition coefficient (Wildman–Crippen LogP) is 7.33. The number of alkyl halides is 2. The normalized spacial score (nSPS) is 15.4. The van der Waals surface area contributed by atoms with E-state index in [4.69, 9.17) is 4.74 Å². The van der Waals surface area contributed by atoms with Gasteiger partial charge >= 0.3 is 0 Å². The number of nitrogens with zero attached hydrogens (tertiary/aromatic N) is 3. The number of amides is 1. The first kappa shape index (κ1) is 33.1. The predicted molar refractivity (Wildman–Crippen MR) is 177 cm³/mol. The third-order valence-electron chi connectivity index (χ3n) is 8.13. The lowest BCUT2D eigenvalue weighted by Gasteiger charge is -2.36. The molecule has 1 amide bonds. The quantitative estimate of drug-likeness (QED) is 0.263. The summed E-state index contributed by atoms with van der Waals surface area (Å²) in [5.74, 6) is -2.11. The van der Waals surface area contributed by atoms with E-state index < -0.39 is 5.92 Å². The highest BCUT2D eigenvalue weighted by Crippen LogP contribution is 2.32. The Bertz CT molecular complexity index is 1410. The van der Waals surface area contributed by atoms with Gasteiger partial charge in [-0.2, -0.15) is 0 Å². The molecule has 236 valence electrons. The van der Waals surface area contributed by atoms with Gasteiger partial charge in [0.1, 0.15) is 12.3 Å². The van der Waals surface area contributed by atoms with Crippen LogP contribution in [0.25, 0.3) is 0 Å². The molecule has 3 aromatic carbocycles. The van der Waals surface area contributed by atoms with E-state index in [0.717, 1.165) is 105 Å². The van der Waals surface area contributed by atoms with E-state index in [0.29, 0.717) is 0 Å². The number of anilines is 2. The standard InChI is InChI=1S/C34H40F2N4O2.C2H6/c1-4-6-26-21-30-29(22-31(26)42-3)33(37-23-32(41)38-30)25-10-8-24(9-11-25)7-5-16-39-17-19-40(20-18-39)28-14-12-27(13-15-28)34(2,35)36;1-2/h8-15,21-22H,4-7,16-20,23H2,1-3H3,(H,38,41);1-2H3. The van der Waals surface area contributed by atoms with E-state index in [-0.39, 0.29) is 18.0 Å². The van der Waals surface area contributed by atoms with Crippen LogP contribution in [0.5, 0.6) is 5.75 Å². The summed E-state index contributed by atoms with van der Waals surface area (Å²) in [7, 11) is 1.68. The SMILES string of the molecule is CC.CCCc1cc2c(cc1OC)C(c1ccc(CCCN3CCN(c4ccc(C(C)(F)F)cc4)CC3)cc1)=NCC(=O)N2. The van der Waals surface area contributed by atoms with Crippen molar-refractivity contribution in [3.05, 3.63) is 88.5 Å². The lowest BCUT2D eigenvalue weighted by atomic mass is 9.96. The summed E-state index contributed by atoms with van der Waals surface area (Å²) in [6.45, 7) is 11.9. The van der Waals surface area contributed by atoms with E-state index in [9.17, 15) is 13.6 Å². The van der Waals surface area contributed by atoms with Gasteiger partial charge in [-0.25, -0.2) is 8.78 Å². The van der Waals surface area contributed by atoms with Crippen LogP contribution in [0, 0.1) is 0 Å². The molecule has 0 saturated carbocycles. The first-order valence-electron chi connectivity index (χ1n) is 15.9. The van der Waals surface area contributed by atoms with E-state index in [1.807, 2.05) is 26.0 Å². The van der Waals surface area contributed by atoms with Gasteiger partial charge in [0, 0.05) is 55.5 Å². The molecule has 0 aliphatic carbocycles. The van der Waals surface area contributed by atoms with Gasteiger partial charge in [0.05, 0.1) is 18.5 Å². The third kappa shape index (κ3) is 8.23. The molecule has 44 heavy (non-hydrogen) atoms. The molecule has 2 aliphatic heterocycles. The van der Waals surface area contributed by atoms with Crippen molar-refractivity contribution in [3.63, 3.8) is 0 Å². The fraction of sp³-hybridized carbons (Fsp3) is 0.444. The zero-order valence-electron chi connectivity index (χ0n) is 26.8. The molecule has 1 saturated heterocycles. The molecule has 3 aromatic rings. The summed E-state index contributed by atoms with van der Waals surface area (Å²) in [6, 6.07) is 19.2. The molecule has 1 fully saturated rings. The largest absolute Gasteiger partial charge is 0.496 e. The molecule has 8 heteroatoms. The molecule has 5 rings (SSSR count). The van der Waals surface area contributed by atoms with Gasteiger partial charge in [0.15, 0.2) is 0 Å². The van der Waals surface area contributed by atoms with Crippen LogP contribution in [-0.4, -0.2) is 62.9 Å². The molecular formula is C36H46F2N4O2. The molecule has 0 spiro atoms. The topological polar surface area (TPSA) is 57.2 Å². The second-order valence-corrected chi connectivity index (χ2v) is 11.2. The van der Waals surface area contributed by atoms with E-state index in [1.165, 1.54) is 17.7 Å². The number of fused-ring (bicyclic) bond motifs is 1. The van der Waals surface area contributed by atoms with Gasteiger partial charge in [0.25, 0.3) is 5.92 Å². The number of halogens is 2. The van der Waals surface area contributed by atoms with Crippen molar-refractivity contribution in [3.8, 4) is 5.75 Å². The number of piperazine rings is 1. The second kappa shape index (κ2) is 15.3. The molecule has 0 aromatic heterocycles. The summed E-state index contributed by atoms with van der Waals surface area (Å²) in [5.41, 5.74) is 6.84. The maximum Gasteiger partial charge on any atom is 0.270 e. The number of ether oxygens (including phenoxy) is 1. The summed E-state index contributed by atoms with van der Waals surface area (Å²) in [6.07, 6.45) is 3.89. The number of aliphatic imine (C=N–C) groups is 1. The Kier molecular flexibility index (Phi) is 11.5. The number of rotatable bonds is 10. The molecule has 2 heterocycles. The molecule has 2 aliphatic rings. The highest BCUT2D eigenvalue weighted by atomic mass is 19.3. The molecule has 0 unspecified atom stereocenters. The molecule has 1 N–H and O–H groups in total. The van der Waals surface area contributed by atoms with Crippen molar-refractivity contribution < 1.29 is 18.3 Å². The van der Waals surface area contributed by atoms with Gasteiger partial charge in [-0.15, -0.1) is 0 Å². The lowest BCUT2D eigenvalue weighted by molar-refractivity contribution is -0.114. The Morgan fingerprint density at radius 1 is 0.955 bits per heavy atom. The Morgan fingerprint density at radius 2 is 1.64 bits per heavy atom. The Hall–Kier alpha value is -3.78. The van der Waals surface area contributed by atoms with Gasteiger partial charge in [-0.3, -0.25) is 14.7 Å². The van der Waals surface area contributed by atoms with Crippen LogP contribution in [0.3, 0.4) is 0 Å². The molecule has 0 radical (unpaired) electrons. The smallest absolute Gasteiger partial charge is 0.270 e. The van der Waals surface area contributed by atoms with Crippen LogP contribution in [-0.2, 0) is 23.6 Å². The summed E-state index contributed by atoms with van der Waals surface area (Å²) in [4.78, 5) is 21.8. The molecule has 0 atom stereocenters. The lowest BCUT2D eigenvalue weighted by Crippen LogP contribution is -2.46. The number of benzene rings is 3. The van der Waals surface area contributed by atoms with Crippen LogP contribution in [0.2, 0.25) is 0 Å². The first-order valence-corrected chi connectivity index (χ1v) is 15.9. The first-order chi connectivity index (χ1) is 21.2. The number of carbonyl (C=O) groups is 1. The zero-order chi connectivity index (χ0) is 31.7. The van der Waals surface area contributed by atoms with Crippen LogP contribution < -0.4 is 15.0 Å². The van der Waals surface area contributed by atoms with Gasteiger partial charge in [-0.1, -0.05) is 63.6 Å². The van der Waals surface area contributed by atoms with Crippen LogP contribution >= 0.6 is 0 Å². The van der Waals surface area contributed by atoms with Gasteiger partial charge in [0.2, 0.25) is 5.91 Å². The zero-order valence-corrected chi connectivity index (χ0v) is 26.8. The van der Waals surface area contributed by atoms with Gasteiger partial charge < -0.3 is 15.0 Å². The van der Waals surface area contributed by atoms with Crippen LogP contribution in [0.15, 0.2) is 65.7 Å². The Morgan fingerprint density at radius 3 is 2.25 bits per heavy atom. The number of nitrogens with one attached hydrogen (secondary N) is 1. The van der Waals surface area contributed by atoms with E-state index in [1.54, 1.807) is 19.2 Å². The molecular weight excluding hydrogens is 558 g/mol. The highest BCUT2D eigenvalue weighted by Gasteiger charge is 2.25. The number of carbonyl (C=O) groups excluding carboxylic acids is 1. The Balaban J connectivity index is 0.00000216. The van der Waals surface area contributed by atoms with Crippen molar-refractivity contribution in [1.29, 1.82) is 0 Å². The number of benzodiazepines with no additional fused rings is 1. The minimum Gasteiger partial charge on any atom is -0.496 e. The monoisotopic (exact) mass is 604 g/mol. The maximum atomic E-state index is 13.5. The van der Waals surface area contributed by atoms with Crippen molar-refractivity contribution >= 4 is 23.0 Å². The minimum absolute atomic E-state index is 0.0540. The number of methoxy groups -OCH3 is 1. The molecule has 0 bridgehead atoms. The van der Waals surface area contributed by atoms with E-state index >= 15 is 0 Å². The number of aryl methyl sites for hydroxylation is 2. The Labute approximate surface area is 261 Å².